The first-order chi connectivity index (χ1) is 17.6. The first kappa shape index (κ1) is 23.7. The van der Waals surface area contributed by atoms with Crippen LogP contribution in [0.5, 0.6) is 23.1 Å². The lowest BCUT2D eigenvalue weighted by atomic mass is 10.1. The quantitative estimate of drug-likeness (QED) is 0.321. The highest BCUT2D eigenvalue weighted by Gasteiger charge is 2.28. The highest BCUT2D eigenvalue weighted by Crippen LogP contribution is 2.44. The van der Waals surface area contributed by atoms with E-state index in [0.717, 1.165) is 22.6 Å². The molecule has 5 rings (SSSR count). The molecule has 0 spiro atoms. The van der Waals surface area contributed by atoms with Crippen LogP contribution in [0.3, 0.4) is 0 Å². The number of anilines is 1. The van der Waals surface area contributed by atoms with E-state index in [4.69, 9.17) is 23.9 Å². The summed E-state index contributed by atoms with van der Waals surface area (Å²) in [6.45, 7) is 2.07. The normalized spacial score (nSPS) is 13.9. The molecule has 9 heteroatoms. The number of thioether (sulfide) groups is 1. The molecule has 0 bridgehead atoms. The Kier molecular flexibility index (Phi) is 6.81. The van der Waals surface area contributed by atoms with Gasteiger partial charge in [-0.15, -0.1) is 10.2 Å². The smallest absolute Gasteiger partial charge is 0.247 e. The van der Waals surface area contributed by atoms with Crippen molar-refractivity contribution in [3.63, 3.8) is 0 Å². The number of hydrogen-bond donors (Lipinski definition) is 1. The van der Waals surface area contributed by atoms with Crippen molar-refractivity contribution in [2.45, 2.75) is 24.1 Å². The van der Waals surface area contributed by atoms with Gasteiger partial charge in [0, 0.05) is 22.6 Å². The number of rotatable bonds is 7. The Labute approximate surface area is 214 Å². The molecular weight excluding hydrogens is 476 g/mol. The van der Waals surface area contributed by atoms with Gasteiger partial charge in [-0.2, -0.15) is 4.98 Å². The molecule has 1 atom stereocenters. The van der Waals surface area contributed by atoms with Gasteiger partial charge in [0.25, 0.3) is 0 Å². The summed E-state index contributed by atoms with van der Waals surface area (Å²) in [6.07, 6.45) is -0.590. The zero-order valence-corrected chi connectivity index (χ0v) is 21.3. The fourth-order valence-corrected chi connectivity index (χ4v) is 4.68. The minimum Gasteiger partial charge on any atom is -0.493 e. The van der Waals surface area contributed by atoms with Gasteiger partial charge in [0.05, 0.1) is 21.3 Å². The molecule has 1 aliphatic rings. The van der Waals surface area contributed by atoms with Crippen LogP contribution < -0.4 is 24.3 Å². The van der Waals surface area contributed by atoms with Crippen LogP contribution in [0.1, 0.15) is 22.9 Å². The van der Waals surface area contributed by atoms with Gasteiger partial charge in [-0.3, -0.25) is 0 Å². The molecule has 3 aromatic carbocycles. The largest absolute Gasteiger partial charge is 0.493 e. The third-order valence-electron chi connectivity index (χ3n) is 5.81. The third-order valence-corrected chi connectivity index (χ3v) is 6.72. The Morgan fingerprint density at radius 1 is 0.917 bits per heavy atom. The summed E-state index contributed by atoms with van der Waals surface area (Å²) < 4.78 is 23.0. The lowest BCUT2D eigenvalue weighted by Crippen LogP contribution is -2.17. The fourth-order valence-electron chi connectivity index (χ4n) is 3.94. The Morgan fingerprint density at radius 2 is 1.64 bits per heavy atom. The molecule has 2 heterocycles. The predicted octanol–water partition coefficient (Wildman–Crippen LogP) is 5.67. The maximum atomic E-state index is 6.42. The number of fused-ring (bicyclic) bond motifs is 3. The van der Waals surface area contributed by atoms with Crippen LogP contribution >= 0.6 is 11.8 Å². The summed E-state index contributed by atoms with van der Waals surface area (Å²) in [5.74, 6) is 2.70. The molecule has 1 N–H and O–H groups in total. The number of nitrogens with one attached hydrogen (secondary N) is 1. The summed E-state index contributed by atoms with van der Waals surface area (Å²) in [4.78, 5) is 4.74. The molecule has 0 amide bonds. The van der Waals surface area contributed by atoms with E-state index < -0.39 is 6.23 Å². The maximum Gasteiger partial charge on any atom is 0.247 e. The molecule has 1 unspecified atom stereocenters. The third kappa shape index (κ3) is 4.74. The Bertz CT molecular complexity index is 1360. The summed E-state index contributed by atoms with van der Waals surface area (Å²) in [5.41, 5.74) is 5.48. The summed E-state index contributed by atoms with van der Waals surface area (Å²) >= 11 is 1.51. The second-order valence-electron chi connectivity index (χ2n) is 8.17. The number of nitrogens with zero attached hydrogens (tertiary/aromatic N) is 3. The van der Waals surface area contributed by atoms with Gasteiger partial charge in [-0.25, -0.2) is 0 Å². The van der Waals surface area contributed by atoms with Crippen molar-refractivity contribution in [1.82, 2.24) is 15.2 Å². The van der Waals surface area contributed by atoms with Crippen molar-refractivity contribution < 1.29 is 18.9 Å². The second-order valence-corrected chi connectivity index (χ2v) is 9.11. The average Bonchev–Trinajstić information content (AvgIpc) is 3.08. The van der Waals surface area contributed by atoms with Crippen LogP contribution in [0.2, 0.25) is 0 Å². The van der Waals surface area contributed by atoms with Gasteiger partial charge in [-0.05, 0) is 30.7 Å². The highest BCUT2D eigenvalue weighted by atomic mass is 32.2. The van der Waals surface area contributed by atoms with E-state index in [9.17, 15) is 0 Å². The molecule has 0 radical (unpaired) electrons. The number of methoxy groups -OCH3 is 3. The number of aryl methyl sites for hydroxylation is 1. The van der Waals surface area contributed by atoms with Crippen molar-refractivity contribution in [2.24, 2.45) is 0 Å². The van der Waals surface area contributed by atoms with E-state index in [1.165, 1.54) is 22.9 Å². The Morgan fingerprint density at radius 3 is 2.33 bits per heavy atom. The highest BCUT2D eigenvalue weighted by molar-refractivity contribution is 7.98. The summed E-state index contributed by atoms with van der Waals surface area (Å²) in [5, 5.41) is 12.9. The Hall–Kier alpha value is -3.98. The first-order valence-corrected chi connectivity index (χ1v) is 12.3. The summed E-state index contributed by atoms with van der Waals surface area (Å²) in [7, 11) is 4.74. The van der Waals surface area contributed by atoms with Crippen LogP contribution in [-0.4, -0.2) is 36.5 Å². The molecule has 36 heavy (non-hydrogen) atoms. The van der Waals surface area contributed by atoms with Gasteiger partial charge < -0.3 is 24.3 Å². The number of aromatic nitrogens is 3. The van der Waals surface area contributed by atoms with E-state index in [2.05, 4.69) is 46.7 Å². The molecule has 1 aromatic heterocycles. The topological polar surface area (TPSA) is 87.6 Å². The second kappa shape index (κ2) is 10.3. The predicted molar refractivity (Wildman–Crippen MR) is 139 cm³/mol. The molecule has 0 saturated carbocycles. The monoisotopic (exact) mass is 502 g/mol. The van der Waals surface area contributed by atoms with E-state index in [1.807, 2.05) is 36.4 Å². The molecule has 1 aliphatic heterocycles. The standard InChI is InChI=1S/C27H26N4O4S/c1-16-9-11-17(12-10-16)15-36-27-29-26-23(30-31-27)19-7-5-6-8-20(19)28-25(35-26)18-13-21(32-2)24(34-4)22(14-18)33-3/h5-14,25,28H,15H2,1-4H3. The van der Waals surface area contributed by atoms with Gasteiger partial charge in [0.15, 0.2) is 23.4 Å². The summed E-state index contributed by atoms with van der Waals surface area (Å²) in [6, 6.07) is 20.0. The number of benzene rings is 3. The number of para-hydroxylation sites is 1. The molecule has 184 valence electrons. The Balaban J connectivity index is 1.51. The van der Waals surface area contributed by atoms with Crippen molar-refractivity contribution in [2.75, 3.05) is 26.6 Å². The maximum absolute atomic E-state index is 6.42. The lowest BCUT2D eigenvalue weighted by Gasteiger charge is -2.21. The van der Waals surface area contributed by atoms with E-state index in [0.29, 0.717) is 34.0 Å². The minimum atomic E-state index is -0.590. The number of ether oxygens (including phenoxy) is 4. The molecule has 0 fully saturated rings. The average molecular weight is 503 g/mol. The van der Waals surface area contributed by atoms with Gasteiger partial charge in [-0.1, -0.05) is 59.8 Å². The molecule has 0 aliphatic carbocycles. The van der Waals surface area contributed by atoms with Crippen molar-refractivity contribution >= 4 is 17.4 Å². The van der Waals surface area contributed by atoms with Crippen LogP contribution in [0.25, 0.3) is 11.3 Å². The van der Waals surface area contributed by atoms with Crippen LogP contribution in [0, 0.1) is 6.92 Å². The fraction of sp³-hybridized carbons (Fsp3) is 0.222. The molecule has 0 saturated heterocycles. The molecule has 8 nitrogen and oxygen atoms in total. The SMILES string of the molecule is COc1cc(C2Nc3ccccc3-c3nnc(SCc4ccc(C)cc4)nc3O2)cc(OC)c1OC. The molecule has 4 aromatic rings. The van der Waals surface area contributed by atoms with Crippen molar-refractivity contribution in [3.8, 4) is 34.4 Å². The van der Waals surface area contributed by atoms with E-state index in [-0.39, 0.29) is 0 Å². The van der Waals surface area contributed by atoms with Crippen LogP contribution in [0.15, 0.2) is 65.8 Å². The minimum absolute atomic E-state index is 0.396. The van der Waals surface area contributed by atoms with Crippen molar-refractivity contribution in [3.05, 3.63) is 77.4 Å². The van der Waals surface area contributed by atoms with E-state index >= 15 is 0 Å². The molecular formula is C27H26N4O4S. The van der Waals surface area contributed by atoms with Crippen LogP contribution in [-0.2, 0) is 5.75 Å². The zero-order chi connectivity index (χ0) is 25.1. The van der Waals surface area contributed by atoms with Gasteiger partial charge in [0.2, 0.25) is 16.8 Å². The first-order valence-electron chi connectivity index (χ1n) is 11.3. The van der Waals surface area contributed by atoms with Crippen molar-refractivity contribution in [1.29, 1.82) is 0 Å². The van der Waals surface area contributed by atoms with Crippen LogP contribution in [0.4, 0.5) is 5.69 Å². The van der Waals surface area contributed by atoms with E-state index in [1.54, 1.807) is 21.3 Å². The lowest BCUT2D eigenvalue weighted by molar-refractivity contribution is 0.223. The zero-order valence-electron chi connectivity index (χ0n) is 20.4. The van der Waals surface area contributed by atoms with Gasteiger partial charge in [0.1, 0.15) is 0 Å². The van der Waals surface area contributed by atoms with Gasteiger partial charge >= 0.3 is 0 Å². The number of hydrogen-bond acceptors (Lipinski definition) is 9.